The van der Waals surface area contributed by atoms with E-state index in [1.54, 1.807) is 0 Å². The van der Waals surface area contributed by atoms with Crippen molar-refractivity contribution in [1.82, 2.24) is 9.88 Å². The summed E-state index contributed by atoms with van der Waals surface area (Å²) in [6, 6.07) is 2.62. The SMILES string of the molecule is CC(C)(C)OC(=O)C1CCCN1COc1ccc(C(=O)O)cn1. The molecule has 7 heteroatoms. The molecule has 0 aromatic carbocycles. The molecule has 1 atom stereocenters. The Morgan fingerprint density at radius 3 is 2.70 bits per heavy atom. The first-order valence-electron chi connectivity index (χ1n) is 7.55. The van der Waals surface area contributed by atoms with E-state index in [2.05, 4.69) is 4.98 Å². The quantitative estimate of drug-likeness (QED) is 0.828. The molecule has 1 saturated heterocycles. The molecule has 0 bridgehead atoms. The van der Waals surface area contributed by atoms with E-state index in [0.717, 1.165) is 19.4 Å². The Morgan fingerprint density at radius 2 is 2.13 bits per heavy atom. The van der Waals surface area contributed by atoms with Gasteiger partial charge in [-0.25, -0.2) is 9.78 Å². The highest BCUT2D eigenvalue weighted by Crippen LogP contribution is 2.21. The summed E-state index contributed by atoms with van der Waals surface area (Å²) in [5, 5.41) is 8.83. The van der Waals surface area contributed by atoms with Gasteiger partial charge in [-0.1, -0.05) is 0 Å². The lowest BCUT2D eigenvalue weighted by molar-refractivity contribution is -0.161. The van der Waals surface area contributed by atoms with E-state index < -0.39 is 11.6 Å². The number of ether oxygens (including phenoxy) is 2. The Labute approximate surface area is 135 Å². The van der Waals surface area contributed by atoms with Gasteiger partial charge in [0, 0.05) is 18.8 Å². The second-order valence-electron chi connectivity index (χ2n) is 6.47. The topological polar surface area (TPSA) is 89.0 Å². The molecule has 1 fully saturated rings. The molecule has 2 heterocycles. The summed E-state index contributed by atoms with van der Waals surface area (Å²) >= 11 is 0. The van der Waals surface area contributed by atoms with E-state index in [1.165, 1.54) is 18.3 Å². The summed E-state index contributed by atoms with van der Waals surface area (Å²) in [5.74, 6) is -0.953. The predicted octanol–water partition coefficient (Wildman–Crippen LogP) is 1.92. The van der Waals surface area contributed by atoms with Crippen molar-refractivity contribution < 1.29 is 24.2 Å². The van der Waals surface area contributed by atoms with Crippen LogP contribution in [0.5, 0.6) is 5.88 Å². The van der Waals surface area contributed by atoms with Crippen LogP contribution in [0.2, 0.25) is 0 Å². The number of carbonyl (C=O) groups is 2. The maximum atomic E-state index is 12.2. The third-order valence-corrected chi connectivity index (χ3v) is 3.40. The summed E-state index contributed by atoms with van der Waals surface area (Å²) in [5.41, 5.74) is -0.411. The molecule has 0 radical (unpaired) electrons. The lowest BCUT2D eigenvalue weighted by Crippen LogP contribution is -2.42. The van der Waals surface area contributed by atoms with E-state index in [4.69, 9.17) is 14.6 Å². The maximum absolute atomic E-state index is 12.2. The number of likely N-dealkylation sites (tertiary alicyclic amines) is 1. The smallest absolute Gasteiger partial charge is 0.337 e. The zero-order valence-corrected chi connectivity index (χ0v) is 13.6. The van der Waals surface area contributed by atoms with E-state index in [-0.39, 0.29) is 24.3 Å². The zero-order chi connectivity index (χ0) is 17.0. The minimum atomic E-state index is -1.03. The van der Waals surface area contributed by atoms with Gasteiger partial charge in [0.05, 0.1) is 5.56 Å². The predicted molar refractivity (Wildman–Crippen MR) is 82.3 cm³/mol. The molecule has 126 valence electrons. The minimum absolute atomic E-state index is 0.102. The Kier molecular flexibility index (Phi) is 5.20. The third kappa shape index (κ3) is 4.92. The Hall–Kier alpha value is -2.15. The van der Waals surface area contributed by atoms with E-state index in [0.29, 0.717) is 5.88 Å². The summed E-state index contributed by atoms with van der Waals surface area (Å²) in [4.78, 5) is 28.8. The van der Waals surface area contributed by atoms with Crippen LogP contribution >= 0.6 is 0 Å². The number of rotatable bonds is 5. The fourth-order valence-electron chi connectivity index (χ4n) is 2.36. The number of hydrogen-bond acceptors (Lipinski definition) is 6. The van der Waals surface area contributed by atoms with Crippen molar-refractivity contribution in [2.24, 2.45) is 0 Å². The highest BCUT2D eigenvalue weighted by molar-refractivity contribution is 5.87. The number of nitrogens with zero attached hydrogens (tertiary/aromatic N) is 2. The molecule has 1 unspecified atom stereocenters. The summed E-state index contributed by atoms with van der Waals surface area (Å²) < 4.78 is 11.0. The molecule has 23 heavy (non-hydrogen) atoms. The molecule has 1 aromatic rings. The number of carboxylic acid groups (broad SMARTS) is 1. The fourth-order valence-corrected chi connectivity index (χ4v) is 2.36. The highest BCUT2D eigenvalue weighted by atomic mass is 16.6. The average Bonchev–Trinajstić information content (AvgIpc) is 2.92. The molecule has 1 aliphatic rings. The number of aromatic carboxylic acids is 1. The minimum Gasteiger partial charge on any atom is -0.478 e. The van der Waals surface area contributed by atoms with Gasteiger partial charge in [-0.15, -0.1) is 0 Å². The monoisotopic (exact) mass is 322 g/mol. The van der Waals surface area contributed by atoms with Gasteiger partial charge in [-0.2, -0.15) is 0 Å². The molecule has 2 rings (SSSR count). The van der Waals surface area contributed by atoms with Gasteiger partial charge in [0.2, 0.25) is 5.88 Å². The van der Waals surface area contributed by atoms with E-state index in [1.807, 2.05) is 25.7 Å². The molecule has 1 aromatic heterocycles. The first kappa shape index (κ1) is 17.2. The van der Waals surface area contributed by atoms with Crippen LogP contribution in [0.25, 0.3) is 0 Å². The van der Waals surface area contributed by atoms with Gasteiger partial charge in [0.1, 0.15) is 18.4 Å². The molecular formula is C16H22N2O5. The molecule has 0 saturated carbocycles. The first-order chi connectivity index (χ1) is 10.8. The molecule has 0 aliphatic carbocycles. The standard InChI is InChI=1S/C16H22N2O5/c1-16(2,3)23-15(21)12-5-4-8-18(12)10-22-13-7-6-11(9-17-13)14(19)20/h6-7,9,12H,4-5,8,10H2,1-3H3,(H,19,20). The summed E-state index contributed by atoms with van der Waals surface area (Å²) in [7, 11) is 0. The average molecular weight is 322 g/mol. The second-order valence-corrected chi connectivity index (χ2v) is 6.47. The van der Waals surface area contributed by atoms with Gasteiger partial charge in [0.25, 0.3) is 0 Å². The lowest BCUT2D eigenvalue weighted by Gasteiger charge is -2.27. The zero-order valence-electron chi connectivity index (χ0n) is 13.6. The number of hydrogen-bond donors (Lipinski definition) is 1. The molecular weight excluding hydrogens is 300 g/mol. The normalized spacial score (nSPS) is 18.7. The van der Waals surface area contributed by atoms with Gasteiger partial charge < -0.3 is 14.6 Å². The van der Waals surface area contributed by atoms with Crippen LogP contribution in [0.1, 0.15) is 44.0 Å². The molecule has 7 nitrogen and oxygen atoms in total. The van der Waals surface area contributed by atoms with Crippen molar-refractivity contribution in [3.8, 4) is 5.88 Å². The third-order valence-electron chi connectivity index (χ3n) is 3.40. The van der Waals surface area contributed by atoms with Crippen LogP contribution in [-0.2, 0) is 9.53 Å². The molecule has 1 N–H and O–H groups in total. The van der Waals surface area contributed by atoms with Gasteiger partial charge in [-0.3, -0.25) is 9.69 Å². The summed E-state index contributed by atoms with van der Waals surface area (Å²) in [6.07, 6.45) is 2.88. The number of esters is 1. The fraction of sp³-hybridized carbons (Fsp3) is 0.562. The Balaban J connectivity index is 1.91. The Bertz CT molecular complexity index is 565. The van der Waals surface area contributed by atoms with Crippen molar-refractivity contribution in [2.45, 2.75) is 45.3 Å². The Morgan fingerprint density at radius 1 is 1.39 bits per heavy atom. The van der Waals surface area contributed by atoms with Gasteiger partial charge in [0.15, 0.2) is 0 Å². The maximum Gasteiger partial charge on any atom is 0.337 e. The largest absolute Gasteiger partial charge is 0.478 e. The van der Waals surface area contributed by atoms with Crippen LogP contribution in [0.3, 0.4) is 0 Å². The van der Waals surface area contributed by atoms with Gasteiger partial charge >= 0.3 is 11.9 Å². The van der Waals surface area contributed by atoms with E-state index >= 15 is 0 Å². The van der Waals surface area contributed by atoms with Crippen LogP contribution < -0.4 is 4.74 Å². The van der Waals surface area contributed by atoms with Crippen molar-refractivity contribution >= 4 is 11.9 Å². The molecule has 1 aliphatic heterocycles. The highest BCUT2D eigenvalue weighted by Gasteiger charge is 2.34. The van der Waals surface area contributed by atoms with Crippen molar-refractivity contribution in [1.29, 1.82) is 0 Å². The van der Waals surface area contributed by atoms with Crippen LogP contribution in [0.15, 0.2) is 18.3 Å². The second kappa shape index (κ2) is 6.95. The number of pyridine rings is 1. The number of carbonyl (C=O) groups excluding carboxylic acids is 1. The van der Waals surface area contributed by atoms with Crippen LogP contribution in [0, 0.1) is 0 Å². The lowest BCUT2D eigenvalue weighted by atomic mass is 10.1. The molecule has 0 spiro atoms. The van der Waals surface area contributed by atoms with E-state index in [9.17, 15) is 9.59 Å². The van der Waals surface area contributed by atoms with Crippen LogP contribution in [0.4, 0.5) is 0 Å². The number of aromatic nitrogens is 1. The van der Waals surface area contributed by atoms with Crippen LogP contribution in [-0.4, -0.2) is 51.8 Å². The van der Waals surface area contributed by atoms with Gasteiger partial charge in [-0.05, 0) is 39.7 Å². The number of carboxylic acids is 1. The summed E-state index contributed by atoms with van der Waals surface area (Å²) in [6.45, 7) is 6.48. The first-order valence-corrected chi connectivity index (χ1v) is 7.55. The van der Waals surface area contributed by atoms with Crippen molar-refractivity contribution in [2.75, 3.05) is 13.3 Å². The molecule has 0 amide bonds. The van der Waals surface area contributed by atoms with Crippen molar-refractivity contribution in [3.63, 3.8) is 0 Å². The van der Waals surface area contributed by atoms with Crippen molar-refractivity contribution in [3.05, 3.63) is 23.9 Å².